The van der Waals surface area contributed by atoms with E-state index in [1.807, 2.05) is 0 Å². The number of rotatable bonds is 3. The van der Waals surface area contributed by atoms with Gasteiger partial charge in [-0.15, -0.1) is 0 Å². The Balaban J connectivity index is 2.95. The minimum absolute atomic E-state index is 0.138. The van der Waals surface area contributed by atoms with Crippen LogP contribution < -0.4 is 5.32 Å². The van der Waals surface area contributed by atoms with Crippen LogP contribution in [-0.4, -0.2) is 24.5 Å². The van der Waals surface area contributed by atoms with Gasteiger partial charge in [0.1, 0.15) is 11.4 Å². The van der Waals surface area contributed by atoms with Gasteiger partial charge >= 0.3 is 5.97 Å². The second kappa shape index (κ2) is 5.48. The average Bonchev–Trinajstić information content (AvgIpc) is 2.30. The number of nitrogens with one attached hydrogen (secondary N) is 1. The first-order valence-electron chi connectivity index (χ1n) is 5.14. The lowest BCUT2D eigenvalue weighted by Gasteiger charge is -2.23. The monoisotopic (exact) mass is 317 g/mol. The molecule has 0 unspecified atom stereocenters. The quantitative estimate of drug-likeness (QED) is 0.870. The fourth-order valence-corrected chi connectivity index (χ4v) is 1.69. The van der Waals surface area contributed by atoms with E-state index in [9.17, 15) is 14.0 Å². The number of hydrogen-bond acceptors (Lipinski definition) is 3. The molecule has 0 aliphatic rings. The topological polar surface area (TPSA) is 55.4 Å². The highest BCUT2D eigenvalue weighted by Crippen LogP contribution is 2.16. The second-order valence-electron chi connectivity index (χ2n) is 4.19. The molecule has 0 aromatic heterocycles. The lowest BCUT2D eigenvalue weighted by molar-refractivity contribution is -0.146. The molecule has 0 radical (unpaired) electrons. The van der Waals surface area contributed by atoms with Crippen LogP contribution in [0.25, 0.3) is 0 Å². The van der Waals surface area contributed by atoms with E-state index in [0.29, 0.717) is 4.47 Å². The molecule has 0 saturated heterocycles. The van der Waals surface area contributed by atoms with E-state index in [4.69, 9.17) is 0 Å². The van der Waals surface area contributed by atoms with Crippen LogP contribution in [0.5, 0.6) is 0 Å². The standard InChI is InChI=1S/C12H13BrFNO3/c1-12(2,11(17)18-3)15-10(16)8-6-7(13)4-5-9(8)14/h4-6H,1-3H3,(H,15,16). The minimum Gasteiger partial charge on any atom is -0.467 e. The van der Waals surface area contributed by atoms with Gasteiger partial charge in [0.05, 0.1) is 12.7 Å². The minimum atomic E-state index is -1.22. The van der Waals surface area contributed by atoms with Gasteiger partial charge in [0.15, 0.2) is 0 Å². The number of esters is 1. The number of hydrogen-bond donors (Lipinski definition) is 1. The molecule has 98 valence electrons. The third-order valence-corrected chi connectivity index (χ3v) is 2.79. The predicted octanol–water partition coefficient (Wildman–Crippen LogP) is 2.27. The number of methoxy groups -OCH3 is 1. The van der Waals surface area contributed by atoms with Gasteiger partial charge in [-0.05, 0) is 32.0 Å². The normalized spacial score (nSPS) is 10.9. The van der Waals surface area contributed by atoms with Crippen LogP contribution in [0.3, 0.4) is 0 Å². The number of halogens is 2. The number of ether oxygens (including phenoxy) is 1. The largest absolute Gasteiger partial charge is 0.467 e. The second-order valence-corrected chi connectivity index (χ2v) is 5.11. The molecule has 18 heavy (non-hydrogen) atoms. The van der Waals surface area contributed by atoms with E-state index in [-0.39, 0.29) is 5.56 Å². The Morgan fingerprint density at radius 3 is 2.56 bits per heavy atom. The third kappa shape index (κ3) is 3.29. The summed E-state index contributed by atoms with van der Waals surface area (Å²) in [6.07, 6.45) is 0. The van der Waals surface area contributed by atoms with Crippen molar-refractivity contribution in [2.75, 3.05) is 7.11 Å². The fourth-order valence-electron chi connectivity index (χ4n) is 1.33. The van der Waals surface area contributed by atoms with Gasteiger partial charge in [0.2, 0.25) is 0 Å². The summed E-state index contributed by atoms with van der Waals surface area (Å²) in [7, 11) is 1.22. The highest BCUT2D eigenvalue weighted by atomic mass is 79.9. The molecular weight excluding hydrogens is 305 g/mol. The highest BCUT2D eigenvalue weighted by molar-refractivity contribution is 9.10. The van der Waals surface area contributed by atoms with E-state index in [1.54, 1.807) is 0 Å². The van der Waals surface area contributed by atoms with Crippen molar-refractivity contribution in [3.8, 4) is 0 Å². The molecule has 0 atom stereocenters. The van der Waals surface area contributed by atoms with E-state index < -0.39 is 23.2 Å². The Labute approximate surface area is 113 Å². The van der Waals surface area contributed by atoms with E-state index in [0.717, 1.165) is 0 Å². The smallest absolute Gasteiger partial charge is 0.330 e. The van der Waals surface area contributed by atoms with Gasteiger partial charge in [-0.25, -0.2) is 9.18 Å². The molecule has 6 heteroatoms. The van der Waals surface area contributed by atoms with Gasteiger partial charge < -0.3 is 10.1 Å². The molecule has 0 bridgehead atoms. The molecule has 1 N–H and O–H groups in total. The van der Waals surface area contributed by atoms with Crippen molar-refractivity contribution in [3.05, 3.63) is 34.1 Å². The number of carbonyl (C=O) groups excluding carboxylic acids is 2. The van der Waals surface area contributed by atoms with Crippen LogP contribution in [0.4, 0.5) is 4.39 Å². The lowest BCUT2D eigenvalue weighted by atomic mass is 10.0. The maximum absolute atomic E-state index is 13.5. The van der Waals surface area contributed by atoms with Crippen molar-refractivity contribution < 1.29 is 18.7 Å². The molecule has 0 saturated carbocycles. The van der Waals surface area contributed by atoms with E-state index >= 15 is 0 Å². The first-order valence-corrected chi connectivity index (χ1v) is 5.93. The summed E-state index contributed by atoms with van der Waals surface area (Å²) in [6.45, 7) is 2.96. The van der Waals surface area contributed by atoms with Gasteiger partial charge in [0, 0.05) is 4.47 Å². The summed E-state index contributed by atoms with van der Waals surface area (Å²) < 4.78 is 18.6. The van der Waals surface area contributed by atoms with Crippen molar-refractivity contribution in [2.45, 2.75) is 19.4 Å². The molecule has 0 fully saturated rings. The number of amides is 1. The molecule has 0 spiro atoms. The van der Waals surface area contributed by atoms with Crippen LogP contribution in [-0.2, 0) is 9.53 Å². The summed E-state index contributed by atoms with van der Waals surface area (Å²) in [5.41, 5.74) is -1.36. The zero-order chi connectivity index (χ0) is 13.9. The maximum atomic E-state index is 13.5. The van der Waals surface area contributed by atoms with E-state index in [1.165, 1.54) is 39.2 Å². The summed E-state index contributed by atoms with van der Waals surface area (Å²) in [6, 6.07) is 4.00. The summed E-state index contributed by atoms with van der Waals surface area (Å²) >= 11 is 3.15. The number of carbonyl (C=O) groups is 2. The van der Waals surface area contributed by atoms with Crippen LogP contribution in [0.2, 0.25) is 0 Å². The molecule has 1 rings (SSSR count). The molecule has 0 heterocycles. The summed E-state index contributed by atoms with van der Waals surface area (Å²) in [4.78, 5) is 23.3. The molecular formula is C12H13BrFNO3. The zero-order valence-electron chi connectivity index (χ0n) is 10.2. The Morgan fingerprint density at radius 1 is 1.39 bits per heavy atom. The number of benzene rings is 1. The van der Waals surface area contributed by atoms with Crippen LogP contribution >= 0.6 is 15.9 Å². The van der Waals surface area contributed by atoms with Crippen LogP contribution in [0.15, 0.2) is 22.7 Å². The Kier molecular flexibility index (Phi) is 4.45. The molecule has 1 aromatic carbocycles. The first-order chi connectivity index (χ1) is 8.27. The highest BCUT2D eigenvalue weighted by Gasteiger charge is 2.31. The lowest BCUT2D eigenvalue weighted by Crippen LogP contribution is -2.50. The molecule has 0 aliphatic carbocycles. The predicted molar refractivity (Wildman–Crippen MR) is 67.7 cm³/mol. The SMILES string of the molecule is COC(=O)C(C)(C)NC(=O)c1cc(Br)ccc1F. The molecule has 0 aliphatic heterocycles. The maximum Gasteiger partial charge on any atom is 0.330 e. The van der Waals surface area contributed by atoms with Crippen molar-refractivity contribution in [1.29, 1.82) is 0 Å². The van der Waals surface area contributed by atoms with Gasteiger partial charge in [0.25, 0.3) is 5.91 Å². The van der Waals surface area contributed by atoms with Crippen LogP contribution in [0.1, 0.15) is 24.2 Å². The first kappa shape index (κ1) is 14.6. The molecule has 4 nitrogen and oxygen atoms in total. The van der Waals surface area contributed by atoms with E-state index in [2.05, 4.69) is 26.0 Å². The average molecular weight is 318 g/mol. The Bertz CT molecular complexity index is 488. The van der Waals surface area contributed by atoms with Crippen molar-refractivity contribution in [3.63, 3.8) is 0 Å². The van der Waals surface area contributed by atoms with Crippen molar-refractivity contribution in [1.82, 2.24) is 5.32 Å². The Hall–Kier alpha value is -1.43. The van der Waals surface area contributed by atoms with Gasteiger partial charge in [-0.1, -0.05) is 15.9 Å². The third-order valence-electron chi connectivity index (χ3n) is 2.29. The van der Waals surface area contributed by atoms with Gasteiger partial charge in [-0.3, -0.25) is 4.79 Å². The fraction of sp³-hybridized carbons (Fsp3) is 0.333. The zero-order valence-corrected chi connectivity index (χ0v) is 11.8. The Morgan fingerprint density at radius 2 is 2.00 bits per heavy atom. The van der Waals surface area contributed by atoms with Crippen molar-refractivity contribution >= 4 is 27.8 Å². The van der Waals surface area contributed by atoms with Crippen LogP contribution in [0, 0.1) is 5.82 Å². The summed E-state index contributed by atoms with van der Waals surface area (Å²) in [5.74, 6) is -1.94. The van der Waals surface area contributed by atoms with Crippen molar-refractivity contribution in [2.24, 2.45) is 0 Å². The van der Waals surface area contributed by atoms with Gasteiger partial charge in [-0.2, -0.15) is 0 Å². The molecule has 1 amide bonds. The summed E-state index contributed by atoms with van der Waals surface area (Å²) in [5, 5.41) is 2.42. The molecule has 1 aromatic rings.